The summed E-state index contributed by atoms with van der Waals surface area (Å²) in [5.41, 5.74) is 1.01. The molecule has 0 radical (unpaired) electrons. The number of nitrogens with one attached hydrogen (secondary N) is 1. The Morgan fingerprint density at radius 2 is 1.95 bits per heavy atom. The molecular formula is C15H29N3O2S. The Bertz CT molecular complexity index is 537. The molecule has 5 nitrogen and oxygen atoms in total. The molecule has 1 aromatic rings. The first kappa shape index (κ1) is 18.2. The second-order valence-corrected chi connectivity index (χ2v) is 7.09. The van der Waals surface area contributed by atoms with E-state index >= 15 is 0 Å². The third-order valence-corrected chi connectivity index (χ3v) is 5.91. The van der Waals surface area contributed by atoms with E-state index in [0.29, 0.717) is 18.0 Å². The van der Waals surface area contributed by atoms with Crippen molar-refractivity contribution in [1.82, 2.24) is 14.2 Å². The topological polar surface area (TPSA) is 54.3 Å². The van der Waals surface area contributed by atoms with Crippen LogP contribution in [-0.2, 0) is 23.1 Å². The molecule has 0 aliphatic heterocycles. The molecule has 1 rings (SSSR count). The molecule has 0 aliphatic carbocycles. The fourth-order valence-electron chi connectivity index (χ4n) is 2.42. The maximum Gasteiger partial charge on any atom is 0.244 e. The Kier molecular flexibility index (Phi) is 6.90. The van der Waals surface area contributed by atoms with Crippen LogP contribution in [0.1, 0.15) is 46.7 Å². The fourth-order valence-corrected chi connectivity index (χ4v) is 4.20. The normalized spacial score (nSPS) is 13.8. The highest BCUT2D eigenvalue weighted by molar-refractivity contribution is 7.89. The Labute approximate surface area is 129 Å². The van der Waals surface area contributed by atoms with Gasteiger partial charge in [-0.25, -0.2) is 8.42 Å². The van der Waals surface area contributed by atoms with Gasteiger partial charge >= 0.3 is 0 Å². The quantitative estimate of drug-likeness (QED) is 0.761. The number of rotatable bonds is 9. The standard InChI is InChI=1S/C15H29N3O2S/c1-6-13(5)18(9-4)21(19,20)15-10-14(11-16-7-2)17(8-3)12-15/h10,12-13,16H,6-9,11H2,1-5H3. The minimum Gasteiger partial charge on any atom is -0.349 e. The van der Waals surface area contributed by atoms with Crippen LogP contribution in [0.2, 0.25) is 0 Å². The Balaban J connectivity index is 3.15. The monoisotopic (exact) mass is 315 g/mol. The van der Waals surface area contributed by atoms with Crippen LogP contribution < -0.4 is 5.32 Å². The highest BCUT2D eigenvalue weighted by Crippen LogP contribution is 2.22. The summed E-state index contributed by atoms with van der Waals surface area (Å²) in [6.07, 6.45) is 2.57. The van der Waals surface area contributed by atoms with E-state index in [1.807, 2.05) is 39.2 Å². The summed E-state index contributed by atoms with van der Waals surface area (Å²) in [5.74, 6) is 0. The number of hydrogen-bond acceptors (Lipinski definition) is 3. The molecule has 122 valence electrons. The molecule has 1 unspecified atom stereocenters. The minimum atomic E-state index is -3.41. The van der Waals surface area contributed by atoms with Crippen LogP contribution in [0.15, 0.2) is 17.2 Å². The number of aryl methyl sites for hydroxylation is 1. The molecule has 0 aliphatic rings. The predicted octanol–water partition coefficient (Wildman–Crippen LogP) is 2.43. The molecule has 0 bridgehead atoms. The Hall–Kier alpha value is -0.850. The van der Waals surface area contributed by atoms with Crippen LogP contribution >= 0.6 is 0 Å². The number of nitrogens with zero attached hydrogens (tertiary/aromatic N) is 2. The van der Waals surface area contributed by atoms with Crippen molar-refractivity contribution < 1.29 is 8.42 Å². The highest BCUT2D eigenvalue weighted by atomic mass is 32.2. The van der Waals surface area contributed by atoms with Crippen molar-refractivity contribution in [3.8, 4) is 0 Å². The highest BCUT2D eigenvalue weighted by Gasteiger charge is 2.28. The lowest BCUT2D eigenvalue weighted by Gasteiger charge is -2.25. The van der Waals surface area contributed by atoms with Gasteiger partial charge in [0.1, 0.15) is 4.90 Å². The zero-order chi connectivity index (χ0) is 16.0. The SMILES string of the molecule is CCNCc1cc(S(=O)(=O)N(CC)C(C)CC)cn1CC. The lowest BCUT2D eigenvalue weighted by atomic mass is 10.3. The minimum absolute atomic E-state index is 0.0159. The first-order chi connectivity index (χ1) is 9.92. The molecule has 0 fully saturated rings. The summed E-state index contributed by atoms with van der Waals surface area (Å²) in [7, 11) is -3.41. The van der Waals surface area contributed by atoms with Crippen molar-refractivity contribution in [3.63, 3.8) is 0 Å². The molecule has 1 heterocycles. The van der Waals surface area contributed by atoms with Gasteiger partial charge in [0, 0.05) is 37.6 Å². The summed E-state index contributed by atoms with van der Waals surface area (Å²) >= 11 is 0. The summed E-state index contributed by atoms with van der Waals surface area (Å²) in [5, 5.41) is 3.25. The molecule has 0 spiro atoms. The number of hydrogen-bond donors (Lipinski definition) is 1. The average Bonchev–Trinajstić information content (AvgIpc) is 2.89. The van der Waals surface area contributed by atoms with E-state index in [1.165, 1.54) is 0 Å². The van der Waals surface area contributed by atoms with E-state index < -0.39 is 10.0 Å². The maximum atomic E-state index is 12.8. The van der Waals surface area contributed by atoms with Crippen molar-refractivity contribution in [2.24, 2.45) is 0 Å². The van der Waals surface area contributed by atoms with E-state index in [9.17, 15) is 8.42 Å². The van der Waals surface area contributed by atoms with Crippen LogP contribution in [0.5, 0.6) is 0 Å². The average molecular weight is 315 g/mol. The van der Waals surface area contributed by atoms with Gasteiger partial charge < -0.3 is 9.88 Å². The van der Waals surface area contributed by atoms with Gasteiger partial charge in [-0.15, -0.1) is 0 Å². The van der Waals surface area contributed by atoms with Gasteiger partial charge in [0.2, 0.25) is 10.0 Å². The van der Waals surface area contributed by atoms with Gasteiger partial charge in [-0.2, -0.15) is 4.31 Å². The third-order valence-electron chi connectivity index (χ3n) is 3.86. The second-order valence-electron chi connectivity index (χ2n) is 5.20. The van der Waals surface area contributed by atoms with Crippen molar-refractivity contribution in [3.05, 3.63) is 18.0 Å². The Morgan fingerprint density at radius 3 is 2.43 bits per heavy atom. The lowest BCUT2D eigenvalue weighted by Crippen LogP contribution is -2.37. The third kappa shape index (κ3) is 4.08. The predicted molar refractivity (Wildman–Crippen MR) is 86.8 cm³/mol. The molecule has 1 atom stereocenters. The maximum absolute atomic E-state index is 12.8. The van der Waals surface area contributed by atoms with E-state index in [0.717, 1.165) is 25.2 Å². The van der Waals surface area contributed by atoms with E-state index in [1.54, 1.807) is 16.6 Å². The largest absolute Gasteiger partial charge is 0.349 e. The smallest absolute Gasteiger partial charge is 0.244 e. The van der Waals surface area contributed by atoms with E-state index in [2.05, 4.69) is 5.32 Å². The zero-order valence-electron chi connectivity index (χ0n) is 13.9. The van der Waals surface area contributed by atoms with Crippen LogP contribution in [0.4, 0.5) is 0 Å². The summed E-state index contributed by atoms with van der Waals surface area (Å²) in [6.45, 7) is 12.7. The van der Waals surface area contributed by atoms with Gasteiger partial charge in [0.05, 0.1) is 0 Å². The first-order valence-electron chi connectivity index (χ1n) is 7.83. The molecule has 1 N–H and O–H groups in total. The van der Waals surface area contributed by atoms with E-state index in [4.69, 9.17) is 0 Å². The fraction of sp³-hybridized carbons (Fsp3) is 0.733. The molecule has 0 amide bonds. The van der Waals surface area contributed by atoms with Crippen molar-refractivity contribution >= 4 is 10.0 Å². The van der Waals surface area contributed by atoms with Crippen LogP contribution in [-0.4, -0.2) is 36.4 Å². The molecule has 21 heavy (non-hydrogen) atoms. The molecule has 0 saturated heterocycles. The van der Waals surface area contributed by atoms with Gasteiger partial charge in [0.15, 0.2) is 0 Å². The van der Waals surface area contributed by atoms with Crippen molar-refractivity contribution in [2.75, 3.05) is 13.1 Å². The number of sulfonamides is 1. The van der Waals surface area contributed by atoms with Crippen molar-refractivity contribution in [1.29, 1.82) is 0 Å². The second kappa shape index (κ2) is 7.96. The summed E-state index contributed by atoms with van der Waals surface area (Å²) in [4.78, 5) is 0.402. The first-order valence-corrected chi connectivity index (χ1v) is 9.27. The summed E-state index contributed by atoms with van der Waals surface area (Å²) in [6, 6.07) is 1.81. The van der Waals surface area contributed by atoms with Crippen molar-refractivity contribution in [2.45, 2.75) is 65.1 Å². The number of aromatic nitrogens is 1. The van der Waals surface area contributed by atoms with Gasteiger partial charge in [-0.3, -0.25) is 0 Å². The molecule has 6 heteroatoms. The van der Waals surface area contributed by atoms with Gasteiger partial charge in [-0.05, 0) is 32.9 Å². The molecular weight excluding hydrogens is 286 g/mol. The molecule has 0 aromatic carbocycles. The zero-order valence-corrected chi connectivity index (χ0v) is 14.7. The van der Waals surface area contributed by atoms with Crippen LogP contribution in [0.25, 0.3) is 0 Å². The van der Waals surface area contributed by atoms with Crippen LogP contribution in [0, 0.1) is 0 Å². The Morgan fingerprint density at radius 1 is 1.29 bits per heavy atom. The van der Waals surface area contributed by atoms with Crippen LogP contribution in [0.3, 0.4) is 0 Å². The lowest BCUT2D eigenvalue weighted by molar-refractivity contribution is 0.342. The molecule has 1 aromatic heterocycles. The van der Waals surface area contributed by atoms with E-state index in [-0.39, 0.29) is 6.04 Å². The van der Waals surface area contributed by atoms with Gasteiger partial charge in [-0.1, -0.05) is 20.8 Å². The summed E-state index contributed by atoms with van der Waals surface area (Å²) < 4.78 is 29.2. The van der Waals surface area contributed by atoms with Gasteiger partial charge in [0.25, 0.3) is 0 Å². The molecule has 0 saturated carbocycles.